The minimum Gasteiger partial charge on any atom is -0.439 e. The normalized spacial score (nSPS) is 10.4. The van der Waals surface area contributed by atoms with Crippen LogP contribution in [0, 0.1) is 6.92 Å². The van der Waals surface area contributed by atoms with Crippen molar-refractivity contribution in [2.45, 2.75) is 20.1 Å². The van der Waals surface area contributed by atoms with Gasteiger partial charge in [0.25, 0.3) is 0 Å². The van der Waals surface area contributed by atoms with Gasteiger partial charge in [-0.15, -0.1) is 0 Å². The van der Waals surface area contributed by atoms with Crippen molar-refractivity contribution >= 4 is 11.7 Å². The Balaban J connectivity index is 1.47. The fourth-order valence-electron chi connectivity index (χ4n) is 2.52. The number of benzene rings is 2. The number of rotatable bonds is 7. The van der Waals surface area contributed by atoms with E-state index in [9.17, 15) is 4.79 Å². The van der Waals surface area contributed by atoms with Crippen molar-refractivity contribution in [1.29, 1.82) is 0 Å². The molecule has 6 heteroatoms. The summed E-state index contributed by atoms with van der Waals surface area (Å²) in [7, 11) is 1.66. The molecule has 0 bridgehead atoms. The SMILES string of the molecule is COCc1ccc(CNC(=O)Nc2ccc(Oc3ccc(C)cc3)nc2)cc1. The highest BCUT2D eigenvalue weighted by Crippen LogP contribution is 2.20. The number of aromatic nitrogens is 1. The molecule has 0 aliphatic carbocycles. The van der Waals surface area contributed by atoms with Gasteiger partial charge in [-0.05, 0) is 36.2 Å². The molecule has 0 spiro atoms. The maximum Gasteiger partial charge on any atom is 0.319 e. The predicted octanol–water partition coefficient (Wildman–Crippen LogP) is 4.65. The van der Waals surface area contributed by atoms with Crippen molar-refractivity contribution in [3.8, 4) is 11.6 Å². The molecule has 2 N–H and O–H groups in total. The predicted molar refractivity (Wildman–Crippen MR) is 109 cm³/mol. The van der Waals surface area contributed by atoms with Crippen LogP contribution in [-0.2, 0) is 17.9 Å². The number of pyridine rings is 1. The minimum absolute atomic E-state index is 0.296. The first kappa shape index (κ1) is 19.4. The molecule has 0 atom stereocenters. The first-order valence-electron chi connectivity index (χ1n) is 8.94. The quantitative estimate of drug-likeness (QED) is 0.629. The van der Waals surface area contributed by atoms with E-state index < -0.39 is 0 Å². The molecule has 3 aromatic rings. The summed E-state index contributed by atoms with van der Waals surface area (Å²) in [4.78, 5) is 16.3. The molecule has 2 aromatic carbocycles. The summed E-state index contributed by atoms with van der Waals surface area (Å²) in [6.07, 6.45) is 1.56. The van der Waals surface area contributed by atoms with Gasteiger partial charge < -0.3 is 20.1 Å². The summed E-state index contributed by atoms with van der Waals surface area (Å²) in [6, 6.07) is 18.8. The van der Waals surface area contributed by atoms with Crippen molar-refractivity contribution in [3.63, 3.8) is 0 Å². The summed E-state index contributed by atoms with van der Waals surface area (Å²) in [5, 5.41) is 5.57. The maximum absolute atomic E-state index is 12.1. The zero-order valence-corrected chi connectivity index (χ0v) is 15.9. The Hall–Kier alpha value is -3.38. The largest absolute Gasteiger partial charge is 0.439 e. The summed E-state index contributed by atoms with van der Waals surface area (Å²) in [5.74, 6) is 1.18. The van der Waals surface area contributed by atoms with Crippen LogP contribution in [0.15, 0.2) is 66.9 Å². The summed E-state index contributed by atoms with van der Waals surface area (Å²) in [5.41, 5.74) is 3.85. The number of methoxy groups -OCH3 is 1. The van der Waals surface area contributed by atoms with E-state index in [4.69, 9.17) is 9.47 Å². The van der Waals surface area contributed by atoms with E-state index in [2.05, 4.69) is 15.6 Å². The molecule has 28 heavy (non-hydrogen) atoms. The number of urea groups is 1. The summed E-state index contributed by atoms with van der Waals surface area (Å²) in [6.45, 7) is 3.02. The Morgan fingerprint density at radius 2 is 1.68 bits per heavy atom. The average molecular weight is 377 g/mol. The Bertz CT molecular complexity index is 892. The second-order valence-corrected chi connectivity index (χ2v) is 6.36. The lowest BCUT2D eigenvalue weighted by Gasteiger charge is -2.09. The number of hydrogen-bond donors (Lipinski definition) is 2. The molecule has 0 saturated carbocycles. The van der Waals surface area contributed by atoms with Gasteiger partial charge in [0, 0.05) is 19.7 Å². The number of carbonyl (C=O) groups is 1. The highest BCUT2D eigenvalue weighted by Gasteiger charge is 2.04. The Morgan fingerprint density at radius 1 is 0.964 bits per heavy atom. The van der Waals surface area contributed by atoms with Crippen molar-refractivity contribution < 1.29 is 14.3 Å². The minimum atomic E-state index is -0.296. The molecule has 1 aromatic heterocycles. The lowest BCUT2D eigenvalue weighted by atomic mass is 10.1. The van der Waals surface area contributed by atoms with Crippen molar-refractivity contribution in [3.05, 3.63) is 83.6 Å². The molecule has 0 saturated heterocycles. The zero-order chi connectivity index (χ0) is 19.8. The Morgan fingerprint density at radius 3 is 2.32 bits per heavy atom. The lowest BCUT2D eigenvalue weighted by Crippen LogP contribution is -2.28. The number of hydrogen-bond acceptors (Lipinski definition) is 4. The first-order chi connectivity index (χ1) is 13.6. The van der Waals surface area contributed by atoms with E-state index in [-0.39, 0.29) is 6.03 Å². The van der Waals surface area contributed by atoms with Crippen LogP contribution in [0.2, 0.25) is 0 Å². The van der Waals surface area contributed by atoms with E-state index in [1.54, 1.807) is 25.4 Å². The van der Waals surface area contributed by atoms with Crippen LogP contribution in [0.4, 0.5) is 10.5 Å². The summed E-state index contributed by atoms with van der Waals surface area (Å²) >= 11 is 0. The van der Waals surface area contributed by atoms with Gasteiger partial charge in [0.15, 0.2) is 0 Å². The highest BCUT2D eigenvalue weighted by molar-refractivity contribution is 5.88. The van der Waals surface area contributed by atoms with Gasteiger partial charge >= 0.3 is 6.03 Å². The number of nitrogens with zero attached hydrogens (tertiary/aromatic N) is 1. The molecule has 0 aliphatic rings. The molecule has 6 nitrogen and oxygen atoms in total. The molecule has 3 rings (SSSR count). The fraction of sp³-hybridized carbons (Fsp3) is 0.182. The third kappa shape index (κ3) is 5.82. The van der Waals surface area contributed by atoms with Crippen LogP contribution >= 0.6 is 0 Å². The second-order valence-electron chi connectivity index (χ2n) is 6.36. The molecular formula is C22H23N3O3. The Kier molecular flexibility index (Phi) is 6.59. The van der Waals surface area contributed by atoms with Gasteiger partial charge in [-0.2, -0.15) is 0 Å². The standard InChI is InChI=1S/C22H23N3O3/c1-16-3-10-20(11-4-16)28-21-12-9-19(14-23-21)25-22(26)24-13-17-5-7-18(8-6-17)15-27-2/h3-12,14H,13,15H2,1-2H3,(H2,24,25,26). The van der Waals surface area contributed by atoms with Gasteiger partial charge in [0.1, 0.15) is 5.75 Å². The van der Waals surface area contributed by atoms with Crippen LogP contribution in [0.3, 0.4) is 0 Å². The van der Waals surface area contributed by atoms with E-state index in [0.717, 1.165) is 16.7 Å². The number of nitrogens with one attached hydrogen (secondary N) is 2. The van der Waals surface area contributed by atoms with Crippen molar-refractivity contribution in [1.82, 2.24) is 10.3 Å². The third-order valence-electron chi connectivity index (χ3n) is 4.02. The fourth-order valence-corrected chi connectivity index (χ4v) is 2.52. The van der Waals surface area contributed by atoms with Gasteiger partial charge in [-0.25, -0.2) is 9.78 Å². The van der Waals surface area contributed by atoms with Crippen LogP contribution < -0.4 is 15.4 Å². The number of carbonyl (C=O) groups excluding carboxylic acids is 1. The van der Waals surface area contributed by atoms with Crippen LogP contribution in [0.1, 0.15) is 16.7 Å². The third-order valence-corrected chi connectivity index (χ3v) is 4.02. The van der Waals surface area contributed by atoms with E-state index in [1.165, 1.54) is 0 Å². The maximum atomic E-state index is 12.1. The molecule has 0 aliphatic heterocycles. The van der Waals surface area contributed by atoms with Crippen LogP contribution in [0.5, 0.6) is 11.6 Å². The molecule has 2 amide bonds. The number of aryl methyl sites for hydroxylation is 1. The first-order valence-corrected chi connectivity index (χ1v) is 8.94. The molecule has 0 fully saturated rings. The monoisotopic (exact) mass is 377 g/mol. The van der Waals surface area contributed by atoms with E-state index in [1.807, 2.05) is 55.5 Å². The molecular weight excluding hydrogens is 354 g/mol. The molecule has 144 valence electrons. The molecule has 0 radical (unpaired) electrons. The average Bonchev–Trinajstić information content (AvgIpc) is 2.71. The van der Waals surface area contributed by atoms with Crippen molar-refractivity contribution in [2.24, 2.45) is 0 Å². The van der Waals surface area contributed by atoms with E-state index in [0.29, 0.717) is 30.5 Å². The number of anilines is 1. The Labute approximate surface area is 164 Å². The molecule has 0 unspecified atom stereocenters. The summed E-state index contributed by atoms with van der Waals surface area (Å²) < 4.78 is 10.8. The van der Waals surface area contributed by atoms with Crippen LogP contribution in [-0.4, -0.2) is 18.1 Å². The zero-order valence-electron chi connectivity index (χ0n) is 15.9. The van der Waals surface area contributed by atoms with Gasteiger partial charge in [-0.1, -0.05) is 42.0 Å². The molecule has 1 heterocycles. The van der Waals surface area contributed by atoms with Gasteiger partial charge in [-0.3, -0.25) is 0 Å². The van der Waals surface area contributed by atoms with Gasteiger partial charge in [0.2, 0.25) is 5.88 Å². The van der Waals surface area contributed by atoms with Crippen molar-refractivity contribution in [2.75, 3.05) is 12.4 Å². The smallest absolute Gasteiger partial charge is 0.319 e. The highest BCUT2D eigenvalue weighted by atomic mass is 16.5. The second kappa shape index (κ2) is 9.53. The number of ether oxygens (including phenoxy) is 2. The number of amides is 2. The topological polar surface area (TPSA) is 72.5 Å². The van der Waals surface area contributed by atoms with Gasteiger partial charge in [0.05, 0.1) is 18.5 Å². The lowest BCUT2D eigenvalue weighted by molar-refractivity contribution is 0.185. The van der Waals surface area contributed by atoms with E-state index >= 15 is 0 Å². The van der Waals surface area contributed by atoms with Crippen LogP contribution in [0.25, 0.3) is 0 Å².